The first kappa shape index (κ1) is 14.5. The number of rotatable bonds is 4. The molecule has 0 bridgehead atoms. The van der Waals surface area contributed by atoms with Crippen molar-refractivity contribution in [3.8, 4) is 0 Å². The zero-order valence-corrected chi connectivity index (χ0v) is 13.4. The van der Waals surface area contributed by atoms with Crippen LogP contribution in [0.2, 0.25) is 0 Å². The van der Waals surface area contributed by atoms with Gasteiger partial charge in [0.15, 0.2) is 0 Å². The summed E-state index contributed by atoms with van der Waals surface area (Å²) < 4.78 is 0. The lowest BCUT2D eigenvalue weighted by molar-refractivity contribution is 0.420. The second kappa shape index (κ2) is 7.57. The first-order valence-corrected chi connectivity index (χ1v) is 9.42. The molecule has 0 radical (unpaired) electrons. The van der Waals surface area contributed by atoms with Crippen molar-refractivity contribution in [2.75, 3.05) is 0 Å². The molecule has 0 spiro atoms. The minimum atomic E-state index is -0.356. The van der Waals surface area contributed by atoms with Gasteiger partial charge in [0.25, 0.3) is 0 Å². The Kier molecular flexibility index (Phi) is 5.24. The van der Waals surface area contributed by atoms with E-state index in [2.05, 4.69) is 72.6 Å². The van der Waals surface area contributed by atoms with Crippen molar-refractivity contribution in [3.05, 3.63) is 72.6 Å². The highest BCUT2D eigenvalue weighted by molar-refractivity contribution is 7.75. The quantitative estimate of drug-likeness (QED) is 0.679. The fraction of sp³-hybridized carbons (Fsp3) is 0.300. The van der Waals surface area contributed by atoms with Crippen LogP contribution in [-0.2, 0) is 0 Å². The third-order valence-corrected chi connectivity index (χ3v) is 6.41. The topological polar surface area (TPSA) is 0 Å². The van der Waals surface area contributed by atoms with Crippen molar-refractivity contribution in [1.29, 1.82) is 0 Å². The highest BCUT2D eigenvalue weighted by atomic mass is 31.1. The minimum Gasteiger partial charge on any atom is -0.0803 e. The van der Waals surface area contributed by atoms with Crippen LogP contribution in [0.15, 0.2) is 72.6 Å². The van der Waals surface area contributed by atoms with Gasteiger partial charge in [-0.2, -0.15) is 0 Å². The summed E-state index contributed by atoms with van der Waals surface area (Å²) in [6, 6.07) is 21.9. The van der Waals surface area contributed by atoms with E-state index in [4.69, 9.17) is 0 Å². The van der Waals surface area contributed by atoms with E-state index >= 15 is 0 Å². The number of hydrogen-bond acceptors (Lipinski definition) is 0. The van der Waals surface area contributed by atoms with E-state index in [1.165, 1.54) is 42.7 Å². The normalized spacial score (nSPS) is 16.6. The van der Waals surface area contributed by atoms with Crippen LogP contribution in [0.4, 0.5) is 0 Å². The van der Waals surface area contributed by atoms with Crippen molar-refractivity contribution in [2.24, 2.45) is 5.92 Å². The Labute approximate surface area is 129 Å². The summed E-state index contributed by atoms with van der Waals surface area (Å²) in [5.41, 5.74) is 0. The molecule has 0 aromatic heterocycles. The molecule has 0 nitrogen and oxygen atoms in total. The third-order valence-electron chi connectivity index (χ3n) is 4.23. The van der Waals surface area contributed by atoms with Crippen molar-refractivity contribution in [1.82, 2.24) is 0 Å². The van der Waals surface area contributed by atoms with Crippen molar-refractivity contribution < 1.29 is 0 Å². The maximum Gasteiger partial charge on any atom is -0.0157 e. The molecule has 0 saturated heterocycles. The molecule has 0 amide bonds. The molecule has 1 aliphatic rings. The maximum absolute atomic E-state index is 2.50. The molecule has 0 atom stereocenters. The Morgan fingerprint density at radius 2 is 1.24 bits per heavy atom. The molecule has 2 aromatic rings. The molecule has 1 heteroatoms. The fourth-order valence-corrected chi connectivity index (χ4v) is 5.08. The Hall–Kier alpha value is -1.39. The van der Waals surface area contributed by atoms with Crippen molar-refractivity contribution >= 4 is 18.5 Å². The largest absolute Gasteiger partial charge is 0.0803 e. The van der Waals surface area contributed by atoms with Crippen LogP contribution in [0.25, 0.3) is 0 Å². The fourth-order valence-electron chi connectivity index (χ4n) is 3.03. The summed E-state index contributed by atoms with van der Waals surface area (Å²) in [6.45, 7) is 0. The molecule has 21 heavy (non-hydrogen) atoms. The zero-order valence-electron chi connectivity index (χ0n) is 12.5. The first-order valence-electron chi connectivity index (χ1n) is 8.01. The summed E-state index contributed by atoms with van der Waals surface area (Å²) in [6.07, 6.45) is 9.50. The van der Waals surface area contributed by atoms with E-state index < -0.39 is 0 Å². The monoisotopic (exact) mass is 294 g/mol. The average Bonchev–Trinajstić information content (AvgIpc) is 2.58. The van der Waals surface area contributed by atoms with Crippen LogP contribution in [0.1, 0.15) is 32.1 Å². The lowest BCUT2D eigenvalue weighted by Crippen LogP contribution is -2.10. The highest BCUT2D eigenvalue weighted by Gasteiger charge is 2.13. The molecule has 0 N–H and O–H groups in total. The molecule has 0 heterocycles. The summed E-state index contributed by atoms with van der Waals surface area (Å²) in [7, 11) is -0.356. The van der Waals surface area contributed by atoms with Gasteiger partial charge >= 0.3 is 0 Å². The van der Waals surface area contributed by atoms with Gasteiger partial charge in [-0.25, -0.2) is 0 Å². The Morgan fingerprint density at radius 3 is 1.76 bits per heavy atom. The van der Waals surface area contributed by atoms with Gasteiger partial charge in [-0.1, -0.05) is 91.8 Å². The van der Waals surface area contributed by atoms with E-state index in [1.807, 2.05) is 0 Å². The Morgan fingerprint density at radius 1 is 0.714 bits per heavy atom. The number of hydrogen-bond donors (Lipinski definition) is 0. The van der Waals surface area contributed by atoms with E-state index in [-0.39, 0.29) is 7.92 Å². The van der Waals surface area contributed by atoms with Crippen LogP contribution in [-0.4, -0.2) is 0 Å². The van der Waals surface area contributed by atoms with Crippen LogP contribution < -0.4 is 10.6 Å². The van der Waals surface area contributed by atoms with E-state index in [0.717, 1.165) is 5.92 Å². The van der Waals surface area contributed by atoms with E-state index in [9.17, 15) is 0 Å². The molecular weight excluding hydrogens is 271 g/mol. The lowest BCUT2D eigenvalue weighted by Gasteiger charge is -2.20. The molecule has 1 saturated carbocycles. The van der Waals surface area contributed by atoms with Gasteiger partial charge in [-0.05, 0) is 37.3 Å². The molecule has 0 aliphatic heterocycles. The maximum atomic E-state index is 2.50. The van der Waals surface area contributed by atoms with Gasteiger partial charge in [-0.15, -0.1) is 0 Å². The molecule has 3 rings (SSSR count). The van der Waals surface area contributed by atoms with E-state index in [0.29, 0.717) is 0 Å². The summed E-state index contributed by atoms with van der Waals surface area (Å²) in [4.78, 5) is 0. The summed E-state index contributed by atoms with van der Waals surface area (Å²) >= 11 is 0. The van der Waals surface area contributed by atoms with Crippen molar-refractivity contribution in [2.45, 2.75) is 32.1 Å². The SMILES string of the molecule is C(=CP(c1ccccc1)c1ccccc1)C1CCCCC1. The number of benzene rings is 2. The zero-order chi connectivity index (χ0) is 14.3. The van der Waals surface area contributed by atoms with Gasteiger partial charge in [0.1, 0.15) is 0 Å². The first-order chi connectivity index (χ1) is 10.4. The standard InChI is InChI=1S/C20H23P/c1-4-10-18(11-5-1)16-17-21(19-12-6-2-7-13-19)20-14-8-3-9-15-20/h2-3,6-9,12-18H,1,4-5,10-11H2. The van der Waals surface area contributed by atoms with Gasteiger partial charge in [-0.3, -0.25) is 0 Å². The highest BCUT2D eigenvalue weighted by Crippen LogP contribution is 2.37. The molecule has 0 unspecified atom stereocenters. The Bertz CT molecular complexity index is 513. The van der Waals surface area contributed by atoms with Gasteiger partial charge in [0, 0.05) is 0 Å². The molecule has 108 valence electrons. The van der Waals surface area contributed by atoms with Crippen LogP contribution >= 0.6 is 7.92 Å². The predicted molar refractivity (Wildman–Crippen MR) is 94.8 cm³/mol. The minimum absolute atomic E-state index is 0.356. The van der Waals surface area contributed by atoms with Crippen LogP contribution in [0.3, 0.4) is 0 Å². The van der Waals surface area contributed by atoms with Gasteiger partial charge in [0.2, 0.25) is 0 Å². The Balaban J connectivity index is 1.84. The van der Waals surface area contributed by atoms with Gasteiger partial charge < -0.3 is 0 Å². The second-order valence-corrected chi connectivity index (χ2v) is 7.85. The van der Waals surface area contributed by atoms with Crippen LogP contribution in [0.5, 0.6) is 0 Å². The lowest BCUT2D eigenvalue weighted by atomic mass is 9.90. The van der Waals surface area contributed by atoms with Crippen LogP contribution in [0, 0.1) is 5.92 Å². The number of allylic oxidation sites excluding steroid dienone is 1. The second-order valence-electron chi connectivity index (χ2n) is 5.78. The molecule has 2 aromatic carbocycles. The summed E-state index contributed by atoms with van der Waals surface area (Å²) in [5, 5.41) is 2.90. The molecule has 1 aliphatic carbocycles. The average molecular weight is 294 g/mol. The summed E-state index contributed by atoms with van der Waals surface area (Å²) in [5.74, 6) is 3.30. The molecule has 1 fully saturated rings. The molecular formula is C20H23P. The van der Waals surface area contributed by atoms with Crippen molar-refractivity contribution in [3.63, 3.8) is 0 Å². The van der Waals surface area contributed by atoms with Gasteiger partial charge in [0.05, 0.1) is 0 Å². The third kappa shape index (κ3) is 4.05. The smallest absolute Gasteiger partial charge is 0.0157 e. The predicted octanol–water partition coefficient (Wildman–Crippen LogP) is 5.21. The van der Waals surface area contributed by atoms with E-state index in [1.54, 1.807) is 0 Å².